The van der Waals surface area contributed by atoms with Gasteiger partial charge in [0.05, 0.1) is 14.2 Å². The molecule has 2 rings (SSSR count). The van der Waals surface area contributed by atoms with Crippen LogP contribution < -0.4 is 9.47 Å². The Morgan fingerprint density at radius 3 is 2.12 bits per heavy atom. The normalized spacial score (nSPS) is 10.6. The molecule has 0 aliphatic rings. The Kier molecular flexibility index (Phi) is 5.21. The fraction of sp³-hybridized carbons (Fsp3) is 0.111. The number of allylic oxidation sites excluding steroid dienone is 1. The molecule has 0 saturated heterocycles. The molecule has 24 heavy (non-hydrogen) atoms. The fourth-order valence-corrected chi connectivity index (χ4v) is 2.01. The van der Waals surface area contributed by atoms with Gasteiger partial charge in [-0.3, -0.25) is 9.59 Å². The van der Waals surface area contributed by atoms with Gasteiger partial charge in [0.15, 0.2) is 23.0 Å². The molecule has 0 heterocycles. The Labute approximate surface area is 138 Å². The third kappa shape index (κ3) is 3.73. The summed E-state index contributed by atoms with van der Waals surface area (Å²) in [5.41, 5.74) is 0.705. The van der Waals surface area contributed by atoms with Crippen LogP contribution in [0.2, 0.25) is 0 Å². The molecule has 0 unspecified atom stereocenters. The first-order chi connectivity index (χ1) is 11.5. The number of carbonyl (C=O) groups excluding carboxylic acids is 2. The van der Waals surface area contributed by atoms with Crippen molar-refractivity contribution in [3.63, 3.8) is 0 Å². The molecule has 0 atom stereocenters. The summed E-state index contributed by atoms with van der Waals surface area (Å²) >= 11 is 0. The van der Waals surface area contributed by atoms with Crippen molar-refractivity contribution < 1.29 is 29.3 Å². The smallest absolute Gasteiger partial charge is 0.233 e. The van der Waals surface area contributed by atoms with Gasteiger partial charge in [-0.05, 0) is 42.0 Å². The van der Waals surface area contributed by atoms with E-state index in [0.29, 0.717) is 5.56 Å². The van der Waals surface area contributed by atoms with Gasteiger partial charge in [0.1, 0.15) is 0 Å². The number of aromatic hydroxyl groups is 2. The molecule has 0 radical (unpaired) electrons. The maximum atomic E-state index is 12.1. The van der Waals surface area contributed by atoms with Gasteiger partial charge in [-0.25, -0.2) is 0 Å². The average Bonchev–Trinajstić information content (AvgIpc) is 2.60. The number of phenolic OH excluding ortho intramolecular Hbond substituents is 2. The Morgan fingerprint density at radius 1 is 0.917 bits per heavy atom. The summed E-state index contributed by atoms with van der Waals surface area (Å²) in [6.45, 7) is 0. The molecule has 0 aromatic heterocycles. The molecule has 0 aliphatic heterocycles. The molecule has 2 N–H and O–H groups in total. The average molecular weight is 328 g/mol. The number of Topliss-reactive ketones (excluding diaryl/α,β-unsaturated/α-hetero) is 1. The van der Waals surface area contributed by atoms with Crippen LogP contribution in [-0.2, 0) is 4.79 Å². The first-order valence-corrected chi connectivity index (χ1v) is 6.97. The minimum atomic E-state index is -0.727. The monoisotopic (exact) mass is 328 g/mol. The molecule has 2 aromatic rings. The second kappa shape index (κ2) is 7.32. The maximum Gasteiger partial charge on any atom is 0.233 e. The molecule has 0 saturated carbocycles. The zero-order valence-corrected chi connectivity index (χ0v) is 13.1. The lowest BCUT2D eigenvalue weighted by Crippen LogP contribution is -2.11. The van der Waals surface area contributed by atoms with Crippen LogP contribution in [0.4, 0.5) is 0 Å². The van der Waals surface area contributed by atoms with E-state index < -0.39 is 11.6 Å². The summed E-state index contributed by atoms with van der Waals surface area (Å²) in [5.74, 6) is -1.22. The summed E-state index contributed by atoms with van der Waals surface area (Å²) in [4.78, 5) is 24.1. The third-order valence-corrected chi connectivity index (χ3v) is 3.30. The van der Waals surface area contributed by atoms with E-state index in [0.717, 1.165) is 6.08 Å². The number of methoxy groups -OCH3 is 2. The van der Waals surface area contributed by atoms with Gasteiger partial charge >= 0.3 is 0 Å². The Balaban J connectivity index is 2.18. The lowest BCUT2D eigenvalue weighted by molar-refractivity contribution is -0.110. The first-order valence-electron chi connectivity index (χ1n) is 6.97. The summed E-state index contributed by atoms with van der Waals surface area (Å²) in [6, 6.07) is 8.47. The lowest BCUT2D eigenvalue weighted by Gasteiger charge is -2.05. The van der Waals surface area contributed by atoms with E-state index in [4.69, 9.17) is 9.47 Å². The number of carbonyl (C=O) groups is 2. The highest BCUT2D eigenvalue weighted by atomic mass is 16.5. The largest absolute Gasteiger partial charge is 0.504 e. The van der Waals surface area contributed by atoms with Crippen molar-refractivity contribution in [2.45, 2.75) is 0 Å². The topological polar surface area (TPSA) is 93.1 Å². The van der Waals surface area contributed by atoms with Crippen molar-refractivity contribution in [2.75, 3.05) is 14.2 Å². The van der Waals surface area contributed by atoms with Gasteiger partial charge in [0.25, 0.3) is 0 Å². The molecule has 0 aliphatic carbocycles. The summed E-state index contributed by atoms with van der Waals surface area (Å²) in [6.07, 6.45) is 2.58. The minimum Gasteiger partial charge on any atom is -0.504 e. The third-order valence-electron chi connectivity index (χ3n) is 3.30. The van der Waals surface area contributed by atoms with Crippen molar-refractivity contribution in [1.82, 2.24) is 0 Å². The van der Waals surface area contributed by atoms with Crippen LogP contribution in [0, 0.1) is 0 Å². The van der Waals surface area contributed by atoms with Crippen molar-refractivity contribution in [3.05, 3.63) is 53.6 Å². The van der Waals surface area contributed by atoms with Crippen LogP contribution in [0.3, 0.4) is 0 Å². The van der Waals surface area contributed by atoms with Gasteiger partial charge < -0.3 is 19.7 Å². The van der Waals surface area contributed by atoms with E-state index in [2.05, 4.69) is 0 Å². The number of hydrogen-bond acceptors (Lipinski definition) is 6. The van der Waals surface area contributed by atoms with E-state index in [1.807, 2.05) is 0 Å². The van der Waals surface area contributed by atoms with Crippen LogP contribution in [0.1, 0.15) is 15.9 Å². The molecule has 2 aromatic carbocycles. The van der Waals surface area contributed by atoms with E-state index in [1.165, 1.54) is 50.6 Å². The predicted molar refractivity (Wildman–Crippen MR) is 87.7 cm³/mol. The van der Waals surface area contributed by atoms with E-state index in [-0.39, 0.29) is 28.6 Å². The molecule has 124 valence electrons. The Hall–Kier alpha value is -3.28. The van der Waals surface area contributed by atoms with Gasteiger partial charge in [0, 0.05) is 5.56 Å². The number of hydrogen-bond donors (Lipinski definition) is 2. The lowest BCUT2D eigenvalue weighted by atomic mass is 10.1. The van der Waals surface area contributed by atoms with E-state index in [9.17, 15) is 19.8 Å². The number of ketones is 2. The Morgan fingerprint density at radius 2 is 1.50 bits per heavy atom. The maximum absolute atomic E-state index is 12.1. The van der Waals surface area contributed by atoms with E-state index in [1.54, 1.807) is 6.07 Å². The zero-order valence-electron chi connectivity index (χ0n) is 13.1. The minimum absolute atomic E-state index is 0.0201. The summed E-state index contributed by atoms with van der Waals surface area (Å²) in [7, 11) is 2.76. The van der Waals surface area contributed by atoms with Crippen LogP contribution in [0.15, 0.2) is 42.5 Å². The van der Waals surface area contributed by atoms with E-state index >= 15 is 0 Å². The second-order valence-electron chi connectivity index (χ2n) is 4.84. The van der Waals surface area contributed by atoms with Crippen LogP contribution in [0.25, 0.3) is 6.08 Å². The zero-order chi connectivity index (χ0) is 17.7. The molecular weight excluding hydrogens is 312 g/mol. The number of ether oxygens (including phenoxy) is 2. The highest BCUT2D eigenvalue weighted by molar-refractivity contribution is 6.48. The molecule has 6 nitrogen and oxygen atoms in total. The number of benzene rings is 2. The number of phenols is 2. The van der Waals surface area contributed by atoms with Crippen molar-refractivity contribution in [1.29, 1.82) is 0 Å². The fourth-order valence-electron chi connectivity index (χ4n) is 2.01. The number of rotatable bonds is 6. The highest BCUT2D eigenvalue weighted by Crippen LogP contribution is 2.27. The van der Waals surface area contributed by atoms with Gasteiger partial charge in [0.2, 0.25) is 11.6 Å². The Bertz CT molecular complexity index is 807. The van der Waals surface area contributed by atoms with Gasteiger partial charge in [-0.15, -0.1) is 0 Å². The van der Waals surface area contributed by atoms with Gasteiger partial charge in [-0.1, -0.05) is 12.1 Å². The summed E-state index contributed by atoms with van der Waals surface area (Å²) < 4.78 is 9.89. The molecule has 0 fully saturated rings. The molecule has 0 spiro atoms. The van der Waals surface area contributed by atoms with Crippen molar-refractivity contribution in [3.8, 4) is 23.0 Å². The second-order valence-corrected chi connectivity index (χ2v) is 4.84. The van der Waals surface area contributed by atoms with Crippen LogP contribution in [0.5, 0.6) is 23.0 Å². The van der Waals surface area contributed by atoms with Gasteiger partial charge in [-0.2, -0.15) is 0 Å². The molecule has 0 bridgehead atoms. The predicted octanol–water partition coefficient (Wildman–Crippen LogP) is 2.58. The van der Waals surface area contributed by atoms with Crippen molar-refractivity contribution in [2.24, 2.45) is 0 Å². The van der Waals surface area contributed by atoms with Crippen molar-refractivity contribution >= 4 is 17.6 Å². The summed E-state index contributed by atoms with van der Waals surface area (Å²) in [5, 5.41) is 19.0. The quantitative estimate of drug-likeness (QED) is 0.481. The highest BCUT2D eigenvalue weighted by Gasteiger charge is 2.15. The molecular formula is C18H16O6. The molecule has 0 amide bonds. The van der Waals surface area contributed by atoms with Crippen LogP contribution in [-0.4, -0.2) is 36.0 Å². The SMILES string of the molecule is COc1cc(/C=C/C(=O)C(=O)c2ccc(O)c(OC)c2)ccc1O. The van der Waals surface area contributed by atoms with Crippen LogP contribution >= 0.6 is 0 Å². The molecule has 6 heteroatoms. The first kappa shape index (κ1) is 17.1. The standard InChI is InChI=1S/C18H16O6/c1-23-16-9-11(3-6-13(16)19)4-7-15(21)18(22)12-5-8-14(20)17(10-12)24-2/h3-10,19-20H,1-2H3/b7-4+.